The van der Waals surface area contributed by atoms with E-state index in [1.165, 1.54) is 12.7 Å². The van der Waals surface area contributed by atoms with Crippen LogP contribution >= 0.6 is 0 Å². The van der Waals surface area contributed by atoms with Gasteiger partial charge in [-0.05, 0) is 37.1 Å². The van der Waals surface area contributed by atoms with Crippen molar-refractivity contribution in [3.8, 4) is 17.2 Å². The maximum Gasteiger partial charge on any atom is 0.307 e. The molecule has 0 aliphatic carbocycles. The summed E-state index contributed by atoms with van der Waals surface area (Å²) < 4.78 is 21.6. The van der Waals surface area contributed by atoms with Crippen LogP contribution in [0.1, 0.15) is 24.0 Å². The molecule has 32 heavy (non-hydrogen) atoms. The second-order valence-corrected chi connectivity index (χ2v) is 7.39. The van der Waals surface area contributed by atoms with Crippen LogP contribution in [0.25, 0.3) is 0 Å². The number of carbonyl (C=O) groups excluding carboxylic acids is 1. The highest BCUT2D eigenvalue weighted by atomic mass is 16.5. The van der Waals surface area contributed by atoms with Crippen LogP contribution in [-0.2, 0) is 16.0 Å². The van der Waals surface area contributed by atoms with Crippen molar-refractivity contribution in [3.63, 3.8) is 0 Å². The van der Waals surface area contributed by atoms with Gasteiger partial charge < -0.3 is 29.6 Å². The molecule has 0 bridgehead atoms. The minimum Gasteiger partial charge on any atom is -0.496 e. The number of aryl methyl sites for hydroxylation is 1. The number of fused-ring (bicyclic) bond motifs is 1. The van der Waals surface area contributed by atoms with E-state index in [-0.39, 0.29) is 12.4 Å². The van der Waals surface area contributed by atoms with Gasteiger partial charge in [-0.25, -0.2) is 0 Å². The molecule has 0 amide bonds. The number of esters is 1. The summed E-state index contributed by atoms with van der Waals surface area (Å²) in [5, 5.41) is 6.62. The van der Waals surface area contributed by atoms with Crippen LogP contribution in [0, 0.1) is 6.92 Å². The number of nitrogens with zero attached hydrogens (tertiary/aromatic N) is 1. The van der Waals surface area contributed by atoms with E-state index in [0.29, 0.717) is 38.0 Å². The average molecular weight is 442 g/mol. The van der Waals surface area contributed by atoms with Gasteiger partial charge in [-0.1, -0.05) is 17.7 Å². The molecule has 0 saturated carbocycles. The summed E-state index contributed by atoms with van der Waals surface area (Å²) >= 11 is 0. The van der Waals surface area contributed by atoms with Gasteiger partial charge in [-0.2, -0.15) is 0 Å². The first kappa shape index (κ1) is 23.2. The highest BCUT2D eigenvalue weighted by Gasteiger charge is 2.12. The van der Waals surface area contributed by atoms with Crippen molar-refractivity contribution in [2.45, 2.75) is 26.2 Å². The van der Waals surface area contributed by atoms with E-state index in [1.807, 2.05) is 30.3 Å². The Morgan fingerprint density at radius 1 is 1.09 bits per heavy atom. The maximum absolute atomic E-state index is 11.5. The normalized spacial score (nSPS) is 13.2. The monoisotopic (exact) mass is 441 g/mol. The second-order valence-electron chi connectivity index (χ2n) is 7.39. The number of hydrogen-bond donors (Lipinski definition) is 2. The molecule has 8 heteroatoms. The Hall–Kier alpha value is -3.42. The first-order valence-corrected chi connectivity index (χ1v) is 10.7. The molecule has 0 aromatic heterocycles. The molecule has 0 spiro atoms. The Kier molecular flexibility index (Phi) is 8.60. The lowest BCUT2D eigenvalue weighted by Gasteiger charge is -2.15. The zero-order valence-corrected chi connectivity index (χ0v) is 18.9. The summed E-state index contributed by atoms with van der Waals surface area (Å²) in [6.07, 6.45) is 1.81. The number of anilines is 1. The van der Waals surface area contributed by atoms with Crippen LogP contribution in [0.3, 0.4) is 0 Å². The smallest absolute Gasteiger partial charge is 0.307 e. The number of nitrogens with one attached hydrogen (secondary N) is 2. The molecule has 0 atom stereocenters. The molecular formula is C24H31N3O5. The number of aliphatic imine (C=N–C) groups is 1. The van der Waals surface area contributed by atoms with E-state index in [2.05, 4.69) is 28.6 Å². The fraction of sp³-hybridized carbons (Fsp3) is 0.417. The summed E-state index contributed by atoms with van der Waals surface area (Å²) in [7, 11) is 3.05. The zero-order valence-electron chi connectivity index (χ0n) is 18.9. The molecular weight excluding hydrogens is 410 g/mol. The van der Waals surface area contributed by atoms with Crippen molar-refractivity contribution in [1.29, 1.82) is 0 Å². The average Bonchev–Trinajstić information content (AvgIpc) is 3.04. The van der Waals surface area contributed by atoms with Crippen molar-refractivity contribution < 1.29 is 23.7 Å². The van der Waals surface area contributed by atoms with Crippen molar-refractivity contribution in [2.75, 3.05) is 45.8 Å². The molecule has 0 radical (unpaired) electrons. The summed E-state index contributed by atoms with van der Waals surface area (Å²) in [6, 6.07) is 11.8. The van der Waals surface area contributed by atoms with Crippen LogP contribution < -0.4 is 24.8 Å². The fourth-order valence-electron chi connectivity index (χ4n) is 3.30. The first-order valence-electron chi connectivity index (χ1n) is 10.7. The van der Waals surface area contributed by atoms with Crippen LogP contribution in [0.5, 0.6) is 17.2 Å². The van der Waals surface area contributed by atoms with Crippen LogP contribution in [-0.4, -0.2) is 52.5 Å². The second kappa shape index (κ2) is 11.8. The largest absolute Gasteiger partial charge is 0.496 e. The van der Waals surface area contributed by atoms with E-state index in [0.717, 1.165) is 35.6 Å². The van der Waals surface area contributed by atoms with Gasteiger partial charge in [0.25, 0.3) is 0 Å². The van der Waals surface area contributed by atoms with Gasteiger partial charge in [0.2, 0.25) is 0 Å². The third-order valence-electron chi connectivity index (χ3n) is 4.95. The maximum atomic E-state index is 11.5. The van der Waals surface area contributed by atoms with E-state index < -0.39 is 0 Å². The number of methoxy groups -OCH3 is 2. The Balaban J connectivity index is 1.68. The molecule has 8 nitrogen and oxygen atoms in total. The molecule has 1 heterocycles. The summed E-state index contributed by atoms with van der Waals surface area (Å²) in [5.74, 6) is 2.56. The third kappa shape index (κ3) is 6.80. The summed E-state index contributed by atoms with van der Waals surface area (Å²) in [4.78, 5) is 16.0. The minimum atomic E-state index is -0.298. The van der Waals surface area contributed by atoms with E-state index in [4.69, 9.17) is 18.9 Å². The minimum absolute atomic E-state index is 0.205. The molecule has 0 fully saturated rings. The lowest BCUT2D eigenvalue weighted by Crippen LogP contribution is -2.33. The standard InChI is InChI=1S/C24H31N3O5/c1-17-5-7-20(29-2)18(15-17)9-11-25-24(26-12-10-23(28)30-3)27-19-6-8-21-22(16-19)32-14-4-13-31-21/h5-8,15-16H,4,9-14H2,1-3H3,(H2,25,26,27). The molecule has 0 saturated heterocycles. The van der Waals surface area contributed by atoms with Crippen molar-refractivity contribution >= 4 is 17.6 Å². The van der Waals surface area contributed by atoms with E-state index in [9.17, 15) is 4.79 Å². The highest BCUT2D eigenvalue weighted by molar-refractivity contribution is 5.94. The number of guanidine groups is 1. The van der Waals surface area contributed by atoms with Gasteiger partial charge in [0.05, 0.1) is 40.4 Å². The number of carbonyl (C=O) groups is 1. The van der Waals surface area contributed by atoms with Crippen LogP contribution in [0.2, 0.25) is 0 Å². The predicted molar refractivity (Wildman–Crippen MR) is 124 cm³/mol. The Morgan fingerprint density at radius 3 is 2.69 bits per heavy atom. The SMILES string of the molecule is COC(=O)CCN=C(NCCc1cc(C)ccc1OC)Nc1ccc2c(c1)OCCCO2. The molecule has 0 unspecified atom stereocenters. The van der Waals surface area contributed by atoms with Gasteiger partial charge in [0.15, 0.2) is 17.5 Å². The van der Waals surface area contributed by atoms with Gasteiger partial charge in [-0.3, -0.25) is 9.79 Å². The number of ether oxygens (including phenoxy) is 4. The first-order chi connectivity index (χ1) is 15.6. The third-order valence-corrected chi connectivity index (χ3v) is 4.95. The van der Waals surface area contributed by atoms with E-state index in [1.54, 1.807) is 7.11 Å². The summed E-state index contributed by atoms with van der Waals surface area (Å²) in [6.45, 7) is 4.26. The molecule has 172 valence electrons. The quantitative estimate of drug-likeness (QED) is 0.369. The zero-order chi connectivity index (χ0) is 22.8. The molecule has 3 rings (SSSR count). The van der Waals surface area contributed by atoms with Crippen molar-refractivity contribution in [2.24, 2.45) is 4.99 Å². The summed E-state index contributed by atoms with van der Waals surface area (Å²) in [5.41, 5.74) is 3.11. The molecule has 1 aliphatic heterocycles. The molecule has 2 aromatic carbocycles. The number of rotatable bonds is 8. The van der Waals surface area contributed by atoms with Gasteiger partial charge >= 0.3 is 5.97 Å². The van der Waals surface area contributed by atoms with Crippen LogP contribution in [0.15, 0.2) is 41.4 Å². The topological polar surface area (TPSA) is 90.4 Å². The van der Waals surface area contributed by atoms with Gasteiger partial charge in [0, 0.05) is 24.7 Å². The Morgan fingerprint density at radius 2 is 1.91 bits per heavy atom. The van der Waals surface area contributed by atoms with Gasteiger partial charge in [0.1, 0.15) is 5.75 Å². The van der Waals surface area contributed by atoms with Crippen LogP contribution in [0.4, 0.5) is 5.69 Å². The fourth-order valence-corrected chi connectivity index (χ4v) is 3.30. The Labute approximate surface area is 188 Å². The number of benzene rings is 2. The molecule has 2 aromatic rings. The highest BCUT2D eigenvalue weighted by Crippen LogP contribution is 2.32. The van der Waals surface area contributed by atoms with E-state index >= 15 is 0 Å². The molecule has 2 N–H and O–H groups in total. The lowest BCUT2D eigenvalue weighted by atomic mass is 10.1. The van der Waals surface area contributed by atoms with Crippen molar-refractivity contribution in [1.82, 2.24) is 5.32 Å². The number of hydrogen-bond acceptors (Lipinski definition) is 6. The molecule has 1 aliphatic rings. The van der Waals surface area contributed by atoms with Gasteiger partial charge in [-0.15, -0.1) is 0 Å². The lowest BCUT2D eigenvalue weighted by molar-refractivity contribution is -0.140. The van der Waals surface area contributed by atoms with Crippen molar-refractivity contribution in [3.05, 3.63) is 47.5 Å². The predicted octanol–water partition coefficient (Wildman–Crippen LogP) is 3.33. The Bertz CT molecular complexity index is 945.